The van der Waals surface area contributed by atoms with E-state index in [0.717, 1.165) is 12.0 Å². The van der Waals surface area contributed by atoms with E-state index in [2.05, 4.69) is 45.5 Å². The van der Waals surface area contributed by atoms with Gasteiger partial charge in [-0.3, -0.25) is 4.79 Å². The Kier molecular flexibility index (Phi) is 5.08. The van der Waals surface area contributed by atoms with Crippen molar-refractivity contribution in [1.29, 1.82) is 0 Å². The van der Waals surface area contributed by atoms with Crippen LogP contribution in [0.3, 0.4) is 0 Å². The second-order valence-corrected chi connectivity index (χ2v) is 4.92. The Labute approximate surface area is 110 Å². The highest BCUT2D eigenvalue weighted by atomic mass is 16.1. The molecule has 1 heteroatoms. The average Bonchev–Trinajstić information content (AvgIpc) is 2.31. The van der Waals surface area contributed by atoms with Gasteiger partial charge < -0.3 is 0 Å². The summed E-state index contributed by atoms with van der Waals surface area (Å²) in [5.41, 5.74) is 6.27. The van der Waals surface area contributed by atoms with E-state index < -0.39 is 0 Å². The van der Waals surface area contributed by atoms with E-state index in [-0.39, 0.29) is 5.78 Å². The zero-order valence-electron chi connectivity index (χ0n) is 11.8. The summed E-state index contributed by atoms with van der Waals surface area (Å²) < 4.78 is 0. The highest BCUT2D eigenvalue weighted by Crippen LogP contribution is 2.20. The van der Waals surface area contributed by atoms with Crippen molar-refractivity contribution in [3.05, 3.63) is 58.7 Å². The monoisotopic (exact) mass is 242 g/mol. The van der Waals surface area contributed by atoms with E-state index in [1.807, 2.05) is 6.08 Å². The van der Waals surface area contributed by atoms with Crippen LogP contribution < -0.4 is 0 Å². The molecule has 0 aliphatic heterocycles. The zero-order valence-corrected chi connectivity index (χ0v) is 11.8. The maximum Gasteiger partial charge on any atom is 0.134 e. The summed E-state index contributed by atoms with van der Waals surface area (Å²) >= 11 is 0. The highest BCUT2D eigenvalue weighted by molar-refractivity contribution is 5.79. The summed E-state index contributed by atoms with van der Waals surface area (Å²) in [5, 5.41) is 0. The summed E-state index contributed by atoms with van der Waals surface area (Å²) in [4.78, 5) is 11.2. The molecule has 0 amide bonds. The average molecular weight is 242 g/mol. The Morgan fingerprint density at radius 3 is 2.50 bits per heavy atom. The molecule has 0 bridgehead atoms. The van der Waals surface area contributed by atoms with E-state index in [1.165, 1.54) is 22.3 Å². The van der Waals surface area contributed by atoms with Crippen LogP contribution in [0.4, 0.5) is 0 Å². The number of carbonyl (C=O) groups is 1. The van der Waals surface area contributed by atoms with Gasteiger partial charge in [0.25, 0.3) is 0 Å². The molecule has 96 valence electrons. The Morgan fingerprint density at radius 1 is 1.28 bits per heavy atom. The molecule has 1 nitrogen and oxygen atoms in total. The Hall–Kier alpha value is -1.63. The van der Waals surface area contributed by atoms with Gasteiger partial charge in [0.15, 0.2) is 0 Å². The normalized spacial score (nSPS) is 12.0. The predicted molar refractivity (Wildman–Crippen MR) is 77.8 cm³/mol. The van der Waals surface area contributed by atoms with Gasteiger partial charge in [-0.05, 0) is 56.4 Å². The Bertz CT molecular complexity index is 492. The predicted octanol–water partition coefficient (Wildman–Crippen LogP) is 4.33. The summed E-state index contributed by atoms with van der Waals surface area (Å²) in [6.07, 6.45) is 3.18. The van der Waals surface area contributed by atoms with Gasteiger partial charge in [0.2, 0.25) is 0 Å². The van der Waals surface area contributed by atoms with Gasteiger partial charge in [-0.15, -0.1) is 0 Å². The molecule has 0 radical (unpaired) electrons. The zero-order chi connectivity index (χ0) is 13.7. The number of carbonyl (C=O) groups excluding carboxylic acids is 1. The molecular formula is C17H22O. The lowest BCUT2D eigenvalue weighted by atomic mass is 9.94. The number of Topliss-reactive ketones (excluding diaryl/α,β-unsaturated/α-hetero) is 1. The van der Waals surface area contributed by atoms with Crippen LogP contribution in [0.5, 0.6) is 0 Å². The van der Waals surface area contributed by atoms with Crippen LogP contribution in [0.1, 0.15) is 37.0 Å². The standard InChI is InChI=1S/C17H22O/c1-6-16(11-14(4)18)13(3)10-17-9-7-8-12(2)15(17)5/h6-9H,1,10-11H2,2-5H3/b16-13-. The first-order valence-electron chi connectivity index (χ1n) is 6.31. The number of benzene rings is 1. The van der Waals surface area contributed by atoms with Gasteiger partial charge in [-0.25, -0.2) is 0 Å². The van der Waals surface area contributed by atoms with Crippen LogP contribution in [-0.4, -0.2) is 5.78 Å². The van der Waals surface area contributed by atoms with Gasteiger partial charge in [-0.1, -0.05) is 36.4 Å². The molecule has 0 N–H and O–H groups in total. The molecule has 0 spiro atoms. The number of ketones is 1. The van der Waals surface area contributed by atoms with Crippen LogP contribution in [0.2, 0.25) is 0 Å². The van der Waals surface area contributed by atoms with Crippen LogP contribution in [0.25, 0.3) is 0 Å². The van der Waals surface area contributed by atoms with Gasteiger partial charge in [0.1, 0.15) is 5.78 Å². The van der Waals surface area contributed by atoms with Crippen molar-refractivity contribution in [3.63, 3.8) is 0 Å². The molecule has 1 aromatic rings. The molecule has 0 atom stereocenters. The molecule has 0 aromatic heterocycles. The van der Waals surface area contributed by atoms with Crippen molar-refractivity contribution < 1.29 is 4.79 Å². The summed E-state index contributed by atoms with van der Waals surface area (Å²) in [6.45, 7) is 11.8. The van der Waals surface area contributed by atoms with E-state index in [0.29, 0.717) is 6.42 Å². The maximum atomic E-state index is 11.2. The molecule has 1 aromatic carbocycles. The molecule has 0 saturated heterocycles. The summed E-state index contributed by atoms with van der Waals surface area (Å²) in [5.74, 6) is 0.185. The van der Waals surface area contributed by atoms with Crippen LogP contribution in [-0.2, 0) is 11.2 Å². The van der Waals surface area contributed by atoms with Gasteiger partial charge in [-0.2, -0.15) is 0 Å². The summed E-state index contributed by atoms with van der Waals surface area (Å²) in [6, 6.07) is 6.37. The quantitative estimate of drug-likeness (QED) is 0.702. The third kappa shape index (κ3) is 3.69. The Morgan fingerprint density at radius 2 is 1.94 bits per heavy atom. The molecule has 0 heterocycles. The smallest absolute Gasteiger partial charge is 0.134 e. The minimum Gasteiger partial charge on any atom is -0.300 e. The van der Waals surface area contributed by atoms with Crippen molar-refractivity contribution >= 4 is 5.78 Å². The topological polar surface area (TPSA) is 17.1 Å². The molecule has 1 rings (SSSR count). The fourth-order valence-electron chi connectivity index (χ4n) is 2.07. The van der Waals surface area contributed by atoms with Crippen molar-refractivity contribution in [2.45, 2.75) is 40.5 Å². The second-order valence-electron chi connectivity index (χ2n) is 4.92. The first-order valence-corrected chi connectivity index (χ1v) is 6.31. The molecule has 0 aliphatic carbocycles. The minimum atomic E-state index is 0.185. The largest absolute Gasteiger partial charge is 0.300 e. The lowest BCUT2D eigenvalue weighted by Crippen LogP contribution is -1.99. The lowest BCUT2D eigenvalue weighted by Gasteiger charge is -2.11. The molecule has 18 heavy (non-hydrogen) atoms. The van der Waals surface area contributed by atoms with Crippen molar-refractivity contribution in [2.75, 3.05) is 0 Å². The van der Waals surface area contributed by atoms with Gasteiger partial charge in [0, 0.05) is 6.42 Å². The number of aryl methyl sites for hydroxylation is 1. The van der Waals surface area contributed by atoms with Crippen molar-refractivity contribution in [2.24, 2.45) is 0 Å². The molecule has 0 saturated carbocycles. The van der Waals surface area contributed by atoms with Gasteiger partial charge in [0.05, 0.1) is 0 Å². The summed E-state index contributed by atoms with van der Waals surface area (Å²) in [7, 11) is 0. The maximum absolute atomic E-state index is 11.2. The molecule has 0 unspecified atom stereocenters. The second kappa shape index (κ2) is 6.34. The van der Waals surface area contributed by atoms with Crippen LogP contribution in [0.15, 0.2) is 42.0 Å². The fraction of sp³-hybridized carbons (Fsp3) is 0.353. The number of hydrogen-bond donors (Lipinski definition) is 0. The van der Waals surface area contributed by atoms with E-state index in [1.54, 1.807) is 6.92 Å². The molecule has 0 fully saturated rings. The number of rotatable bonds is 5. The number of hydrogen-bond acceptors (Lipinski definition) is 1. The minimum absolute atomic E-state index is 0.185. The molecular weight excluding hydrogens is 220 g/mol. The number of allylic oxidation sites excluding steroid dienone is 3. The van der Waals surface area contributed by atoms with E-state index >= 15 is 0 Å². The van der Waals surface area contributed by atoms with Gasteiger partial charge >= 0.3 is 0 Å². The first kappa shape index (κ1) is 14.4. The molecule has 0 aliphatic rings. The first-order chi connectivity index (χ1) is 8.45. The van der Waals surface area contributed by atoms with Crippen molar-refractivity contribution in [1.82, 2.24) is 0 Å². The van der Waals surface area contributed by atoms with E-state index in [4.69, 9.17) is 0 Å². The van der Waals surface area contributed by atoms with Crippen molar-refractivity contribution in [3.8, 4) is 0 Å². The lowest BCUT2D eigenvalue weighted by molar-refractivity contribution is -0.116. The Balaban J connectivity index is 3.01. The third-order valence-electron chi connectivity index (χ3n) is 3.41. The SMILES string of the molecule is C=C/C(CC(C)=O)=C(\C)Cc1cccc(C)c1C. The fourth-order valence-corrected chi connectivity index (χ4v) is 2.07. The van der Waals surface area contributed by atoms with Crippen LogP contribution in [0, 0.1) is 13.8 Å². The van der Waals surface area contributed by atoms with E-state index in [9.17, 15) is 4.79 Å². The van der Waals surface area contributed by atoms with Crippen LogP contribution >= 0.6 is 0 Å². The highest BCUT2D eigenvalue weighted by Gasteiger charge is 2.06. The third-order valence-corrected chi connectivity index (χ3v) is 3.41.